The molecule has 1 aliphatic rings. The van der Waals surface area contributed by atoms with Crippen molar-refractivity contribution >= 4 is 11.9 Å². The average Bonchev–Trinajstić information content (AvgIpc) is 2.25. The molecule has 1 rings (SSSR count). The van der Waals surface area contributed by atoms with Gasteiger partial charge in [-0.1, -0.05) is 40.0 Å². The molecule has 0 heterocycles. The van der Waals surface area contributed by atoms with E-state index in [1.165, 1.54) is 19.3 Å². The Hall–Kier alpha value is -1.06. The van der Waals surface area contributed by atoms with Gasteiger partial charge in [0.2, 0.25) is 5.91 Å². The number of carboxylic acid groups (broad SMARTS) is 1. The zero-order valence-electron chi connectivity index (χ0n) is 11.7. The molecule has 1 atom stereocenters. The lowest BCUT2D eigenvalue weighted by Gasteiger charge is -2.29. The van der Waals surface area contributed by atoms with Crippen LogP contribution >= 0.6 is 0 Å². The van der Waals surface area contributed by atoms with Crippen LogP contribution in [0.25, 0.3) is 0 Å². The molecule has 0 aromatic carbocycles. The highest BCUT2D eigenvalue weighted by Crippen LogP contribution is 2.26. The van der Waals surface area contributed by atoms with Crippen molar-refractivity contribution < 1.29 is 14.7 Å². The third kappa shape index (κ3) is 4.67. The maximum absolute atomic E-state index is 11.9. The minimum Gasteiger partial charge on any atom is -0.480 e. The van der Waals surface area contributed by atoms with Gasteiger partial charge in [-0.05, 0) is 24.2 Å². The van der Waals surface area contributed by atoms with Crippen LogP contribution in [0.5, 0.6) is 0 Å². The van der Waals surface area contributed by atoms with Crippen molar-refractivity contribution in [1.29, 1.82) is 0 Å². The third-order valence-electron chi connectivity index (χ3n) is 3.62. The molecule has 104 valence electrons. The fourth-order valence-electron chi connectivity index (χ4n) is 2.52. The topological polar surface area (TPSA) is 66.4 Å². The van der Waals surface area contributed by atoms with Crippen LogP contribution in [-0.2, 0) is 9.59 Å². The number of amides is 1. The number of aliphatic carboxylic acids is 1. The maximum atomic E-state index is 11.9. The van der Waals surface area contributed by atoms with Crippen LogP contribution in [-0.4, -0.2) is 23.0 Å². The van der Waals surface area contributed by atoms with E-state index in [2.05, 4.69) is 5.32 Å². The van der Waals surface area contributed by atoms with Gasteiger partial charge in [0, 0.05) is 6.42 Å². The van der Waals surface area contributed by atoms with Gasteiger partial charge in [-0.2, -0.15) is 0 Å². The number of carbonyl (C=O) groups is 2. The van der Waals surface area contributed by atoms with E-state index in [4.69, 9.17) is 5.11 Å². The molecule has 0 saturated heterocycles. The van der Waals surface area contributed by atoms with Gasteiger partial charge in [0.1, 0.15) is 6.04 Å². The minimum atomic E-state index is -0.959. The van der Waals surface area contributed by atoms with Gasteiger partial charge < -0.3 is 10.4 Å². The summed E-state index contributed by atoms with van der Waals surface area (Å²) in [6, 6.07) is -0.811. The Bertz CT molecular complexity index is 301. The molecule has 1 saturated carbocycles. The van der Waals surface area contributed by atoms with Crippen molar-refractivity contribution in [3.63, 3.8) is 0 Å². The molecular weight excluding hydrogens is 230 g/mol. The summed E-state index contributed by atoms with van der Waals surface area (Å²) in [5, 5.41) is 11.8. The Morgan fingerprint density at radius 2 is 1.78 bits per heavy atom. The molecule has 0 spiro atoms. The zero-order chi connectivity index (χ0) is 13.8. The lowest BCUT2D eigenvalue weighted by Crippen LogP contribution is -2.49. The van der Waals surface area contributed by atoms with E-state index < -0.39 is 17.4 Å². The molecule has 2 N–H and O–H groups in total. The highest BCUT2D eigenvalue weighted by molar-refractivity contribution is 5.84. The summed E-state index contributed by atoms with van der Waals surface area (Å²) in [5.74, 6) is -0.642. The molecule has 1 fully saturated rings. The number of hydrogen-bond acceptors (Lipinski definition) is 2. The molecule has 1 amide bonds. The number of hydrogen-bond donors (Lipinski definition) is 2. The van der Waals surface area contributed by atoms with Crippen LogP contribution in [0.1, 0.15) is 59.3 Å². The molecule has 4 nitrogen and oxygen atoms in total. The van der Waals surface area contributed by atoms with Gasteiger partial charge >= 0.3 is 5.97 Å². The summed E-state index contributed by atoms with van der Waals surface area (Å²) in [5.41, 5.74) is -0.464. The Morgan fingerprint density at radius 3 is 2.22 bits per heavy atom. The first-order valence-electron chi connectivity index (χ1n) is 6.83. The second-order valence-corrected chi connectivity index (χ2v) is 6.41. The van der Waals surface area contributed by atoms with E-state index >= 15 is 0 Å². The van der Waals surface area contributed by atoms with Crippen LogP contribution in [0.15, 0.2) is 0 Å². The molecule has 0 aliphatic heterocycles. The Morgan fingerprint density at radius 1 is 1.22 bits per heavy atom. The van der Waals surface area contributed by atoms with Gasteiger partial charge in [0.25, 0.3) is 0 Å². The first-order chi connectivity index (χ1) is 8.30. The van der Waals surface area contributed by atoms with Gasteiger partial charge in [0.15, 0.2) is 0 Å². The summed E-state index contributed by atoms with van der Waals surface area (Å²) >= 11 is 0. The second kappa shape index (κ2) is 6.21. The van der Waals surface area contributed by atoms with Crippen molar-refractivity contribution in [3.8, 4) is 0 Å². The average molecular weight is 255 g/mol. The summed E-state index contributed by atoms with van der Waals surface area (Å²) in [6.45, 7) is 5.48. The number of carboxylic acids is 1. The smallest absolute Gasteiger partial charge is 0.326 e. The first kappa shape index (κ1) is 15.0. The number of carbonyl (C=O) groups excluding carboxylic acids is 1. The van der Waals surface area contributed by atoms with Crippen molar-refractivity contribution in [2.75, 3.05) is 0 Å². The van der Waals surface area contributed by atoms with Gasteiger partial charge in [-0.25, -0.2) is 4.79 Å². The van der Waals surface area contributed by atoms with E-state index in [-0.39, 0.29) is 5.91 Å². The van der Waals surface area contributed by atoms with E-state index in [0.29, 0.717) is 12.3 Å². The van der Waals surface area contributed by atoms with Crippen molar-refractivity contribution in [1.82, 2.24) is 5.32 Å². The molecule has 0 bridgehead atoms. The molecule has 4 heteroatoms. The summed E-state index contributed by atoms with van der Waals surface area (Å²) in [6.07, 6.45) is 6.32. The number of nitrogens with one attached hydrogen (secondary N) is 1. The molecule has 18 heavy (non-hydrogen) atoms. The minimum absolute atomic E-state index is 0.121. The highest BCUT2D eigenvalue weighted by Gasteiger charge is 2.33. The molecule has 0 radical (unpaired) electrons. The largest absolute Gasteiger partial charge is 0.480 e. The SMILES string of the molecule is CC(C)(C)[C@@H](NC(=O)CC1CCCCC1)C(=O)O. The molecular formula is C14H25NO3. The van der Waals surface area contributed by atoms with Crippen LogP contribution in [0.2, 0.25) is 0 Å². The van der Waals surface area contributed by atoms with Gasteiger partial charge in [0.05, 0.1) is 0 Å². The van der Waals surface area contributed by atoms with E-state index in [1.807, 2.05) is 20.8 Å². The van der Waals surface area contributed by atoms with E-state index in [1.54, 1.807) is 0 Å². The Balaban J connectivity index is 2.48. The third-order valence-corrected chi connectivity index (χ3v) is 3.62. The fraction of sp³-hybridized carbons (Fsp3) is 0.857. The Kier molecular flexibility index (Phi) is 5.17. The molecule has 0 unspecified atom stereocenters. The van der Waals surface area contributed by atoms with Crippen molar-refractivity contribution in [3.05, 3.63) is 0 Å². The van der Waals surface area contributed by atoms with Crippen LogP contribution in [0.3, 0.4) is 0 Å². The lowest BCUT2D eigenvalue weighted by atomic mass is 9.85. The van der Waals surface area contributed by atoms with Crippen LogP contribution in [0.4, 0.5) is 0 Å². The van der Waals surface area contributed by atoms with E-state index in [9.17, 15) is 9.59 Å². The van der Waals surface area contributed by atoms with Crippen molar-refractivity contribution in [2.24, 2.45) is 11.3 Å². The van der Waals surface area contributed by atoms with Gasteiger partial charge in [-0.15, -0.1) is 0 Å². The van der Waals surface area contributed by atoms with Gasteiger partial charge in [-0.3, -0.25) is 4.79 Å². The first-order valence-corrected chi connectivity index (χ1v) is 6.83. The monoisotopic (exact) mass is 255 g/mol. The predicted molar refractivity (Wildman–Crippen MR) is 70.2 cm³/mol. The fourth-order valence-corrected chi connectivity index (χ4v) is 2.52. The Labute approximate surface area is 109 Å². The maximum Gasteiger partial charge on any atom is 0.326 e. The predicted octanol–water partition coefficient (Wildman–Crippen LogP) is 2.57. The summed E-state index contributed by atoms with van der Waals surface area (Å²) in [4.78, 5) is 23.1. The lowest BCUT2D eigenvalue weighted by molar-refractivity contribution is -0.145. The molecule has 1 aliphatic carbocycles. The zero-order valence-corrected chi connectivity index (χ0v) is 11.7. The normalized spacial score (nSPS) is 19.3. The van der Waals surface area contributed by atoms with Crippen molar-refractivity contribution in [2.45, 2.75) is 65.3 Å². The molecule has 0 aromatic heterocycles. The van der Waals surface area contributed by atoms with Crippen LogP contribution < -0.4 is 5.32 Å². The number of rotatable bonds is 4. The second-order valence-electron chi connectivity index (χ2n) is 6.41. The highest BCUT2D eigenvalue weighted by atomic mass is 16.4. The summed E-state index contributed by atoms with van der Waals surface area (Å²) < 4.78 is 0. The molecule has 0 aromatic rings. The van der Waals surface area contributed by atoms with Crippen LogP contribution in [0, 0.1) is 11.3 Å². The summed E-state index contributed by atoms with van der Waals surface area (Å²) in [7, 11) is 0. The quantitative estimate of drug-likeness (QED) is 0.811. The standard InChI is InChI=1S/C14H25NO3/c1-14(2,3)12(13(17)18)15-11(16)9-10-7-5-4-6-8-10/h10,12H,4-9H2,1-3H3,(H,15,16)(H,17,18)/t12-/m0/s1. The van der Waals surface area contributed by atoms with E-state index in [0.717, 1.165) is 12.8 Å².